The minimum Gasteiger partial charge on any atom is -0.496 e. The number of nitrogens with one attached hydrogen (secondary N) is 1. The van der Waals surface area contributed by atoms with Crippen molar-refractivity contribution in [3.8, 4) is 5.75 Å². The summed E-state index contributed by atoms with van der Waals surface area (Å²) in [6.45, 7) is 0.519. The number of methoxy groups -OCH3 is 1. The average Bonchev–Trinajstić information content (AvgIpc) is 2.33. The minimum atomic E-state index is -0.210. The van der Waals surface area contributed by atoms with Gasteiger partial charge in [0.15, 0.2) is 0 Å². The Morgan fingerprint density at radius 1 is 1.53 bits per heavy atom. The highest BCUT2D eigenvalue weighted by Crippen LogP contribution is 2.28. The van der Waals surface area contributed by atoms with Crippen molar-refractivity contribution in [3.63, 3.8) is 0 Å². The molecular weight excluding hydrogens is 332 g/mol. The predicted octanol–water partition coefficient (Wildman–Crippen LogP) is 2.49. The van der Waals surface area contributed by atoms with Crippen LogP contribution in [0, 0.1) is 0 Å². The highest BCUT2D eigenvalue weighted by Gasteiger charge is 2.32. The first kappa shape index (κ1) is 16.3. The van der Waals surface area contributed by atoms with Gasteiger partial charge in [-0.05, 0) is 37.5 Å². The molecule has 1 saturated carbocycles. The second kappa shape index (κ2) is 6.59. The molecule has 0 aliphatic heterocycles. The van der Waals surface area contributed by atoms with Gasteiger partial charge in [0.2, 0.25) is 0 Å². The monoisotopic (exact) mass is 348 g/mol. The topological polar surface area (TPSA) is 64.3 Å². The van der Waals surface area contributed by atoms with E-state index in [0.717, 1.165) is 23.7 Å². The number of carbonyl (C=O) groups excluding carboxylic acids is 1. The number of hydrogen-bond donors (Lipinski definition) is 2. The number of nitrogens with two attached hydrogens (primary N) is 1. The number of rotatable bonds is 4. The van der Waals surface area contributed by atoms with Gasteiger partial charge in [-0.1, -0.05) is 15.9 Å². The van der Waals surface area contributed by atoms with Crippen molar-refractivity contribution >= 4 is 34.2 Å². The second-order valence-corrected chi connectivity index (χ2v) is 5.66. The summed E-state index contributed by atoms with van der Waals surface area (Å²) in [7, 11) is 1.55. The lowest BCUT2D eigenvalue weighted by molar-refractivity contribution is 0.0926. The SMILES string of the molecule is COc1cc(Br)ccc1C(=O)NCC1(N)CCC1.Cl. The fraction of sp³-hybridized carbons (Fsp3) is 0.462. The van der Waals surface area contributed by atoms with Gasteiger partial charge in [0.25, 0.3) is 5.91 Å². The summed E-state index contributed by atoms with van der Waals surface area (Å²) in [5.41, 5.74) is 6.39. The number of carbonyl (C=O) groups is 1. The van der Waals surface area contributed by atoms with E-state index in [1.165, 1.54) is 0 Å². The maximum absolute atomic E-state index is 12.1. The molecule has 0 atom stereocenters. The zero-order chi connectivity index (χ0) is 13.2. The molecular formula is C13H18BrClN2O2. The molecule has 1 aliphatic carbocycles. The van der Waals surface area contributed by atoms with E-state index < -0.39 is 0 Å². The van der Waals surface area contributed by atoms with Crippen LogP contribution in [0.15, 0.2) is 22.7 Å². The van der Waals surface area contributed by atoms with E-state index in [1.807, 2.05) is 6.07 Å². The van der Waals surface area contributed by atoms with E-state index >= 15 is 0 Å². The van der Waals surface area contributed by atoms with Crippen LogP contribution in [0.5, 0.6) is 5.75 Å². The largest absolute Gasteiger partial charge is 0.496 e. The first-order valence-corrected chi connectivity index (χ1v) is 6.74. The van der Waals surface area contributed by atoms with Gasteiger partial charge in [-0.2, -0.15) is 0 Å². The molecule has 0 saturated heterocycles. The predicted molar refractivity (Wildman–Crippen MR) is 81.0 cm³/mol. The Morgan fingerprint density at radius 3 is 2.74 bits per heavy atom. The molecule has 2 rings (SSSR count). The number of benzene rings is 1. The number of ether oxygens (including phenoxy) is 1. The van der Waals surface area contributed by atoms with Crippen molar-refractivity contribution in [1.29, 1.82) is 0 Å². The van der Waals surface area contributed by atoms with Crippen LogP contribution in [0.4, 0.5) is 0 Å². The summed E-state index contributed by atoms with van der Waals surface area (Å²) in [5.74, 6) is 0.414. The molecule has 1 aliphatic rings. The molecule has 0 radical (unpaired) electrons. The molecule has 106 valence electrons. The molecule has 6 heteroatoms. The van der Waals surface area contributed by atoms with Gasteiger partial charge in [-0.3, -0.25) is 4.79 Å². The lowest BCUT2D eigenvalue weighted by atomic mass is 9.78. The molecule has 0 spiro atoms. The second-order valence-electron chi connectivity index (χ2n) is 4.74. The first-order valence-electron chi connectivity index (χ1n) is 5.95. The Labute approximate surface area is 127 Å². The molecule has 1 amide bonds. The molecule has 4 nitrogen and oxygen atoms in total. The van der Waals surface area contributed by atoms with Crippen LogP contribution in [0.1, 0.15) is 29.6 Å². The smallest absolute Gasteiger partial charge is 0.255 e. The van der Waals surface area contributed by atoms with Gasteiger partial charge in [0.05, 0.1) is 12.7 Å². The highest BCUT2D eigenvalue weighted by atomic mass is 79.9. The summed E-state index contributed by atoms with van der Waals surface area (Å²) in [5, 5.41) is 2.88. The molecule has 0 bridgehead atoms. The number of amides is 1. The first-order chi connectivity index (χ1) is 8.54. The molecule has 1 fully saturated rings. The molecule has 0 aromatic heterocycles. The van der Waals surface area contributed by atoms with Crippen LogP contribution < -0.4 is 15.8 Å². The third-order valence-electron chi connectivity index (χ3n) is 3.36. The summed E-state index contributed by atoms with van der Waals surface area (Å²) in [4.78, 5) is 12.1. The fourth-order valence-corrected chi connectivity index (χ4v) is 2.35. The maximum atomic E-state index is 12.1. The molecule has 0 unspecified atom stereocenters. The molecule has 3 N–H and O–H groups in total. The van der Waals surface area contributed by atoms with Gasteiger partial charge in [0.1, 0.15) is 5.75 Å². The van der Waals surface area contributed by atoms with Gasteiger partial charge in [0, 0.05) is 16.6 Å². The summed E-state index contributed by atoms with van der Waals surface area (Å²) >= 11 is 3.35. The van der Waals surface area contributed by atoms with E-state index in [4.69, 9.17) is 10.5 Å². The third kappa shape index (κ3) is 3.84. The Morgan fingerprint density at radius 2 is 2.21 bits per heavy atom. The zero-order valence-electron chi connectivity index (χ0n) is 10.7. The van der Waals surface area contributed by atoms with E-state index in [2.05, 4.69) is 21.2 Å². The molecule has 1 aromatic rings. The van der Waals surface area contributed by atoms with E-state index in [0.29, 0.717) is 17.9 Å². The van der Waals surface area contributed by atoms with Crippen LogP contribution in [0.2, 0.25) is 0 Å². The minimum absolute atomic E-state index is 0. The van der Waals surface area contributed by atoms with Crippen molar-refractivity contribution in [2.24, 2.45) is 5.73 Å². The summed E-state index contributed by atoms with van der Waals surface area (Å²) in [6, 6.07) is 5.33. The average molecular weight is 350 g/mol. The van der Waals surface area contributed by atoms with Crippen molar-refractivity contribution in [2.75, 3.05) is 13.7 Å². The normalized spacial score (nSPS) is 15.9. The van der Waals surface area contributed by atoms with Gasteiger partial charge in [-0.15, -0.1) is 12.4 Å². The lowest BCUT2D eigenvalue weighted by Crippen LogP contribution is -2.54. The van der Waals surface area contributed by atoms with Crippen LogP contribution in [0.25, 0.3) is 0 Å². The fourth-order valence-electron chi connectivity index (χ4n) is 2.01. The van der Waals surface area contributed by atoms with Gasteiger partial charge >= 0.3 is 0 Å². The highest BCUT2D eigenvalue weighted by molar-refractivity contribution is 9.10. The lowest BCUT2D eigenvalue weighted by Gasteiger charge is -2.38. The molecule has 1 aromatic carbocycles. The van der Waals surface area contributed by atoms with Crippen LogP contribution >= 0.6 is 28.3 Å². The zero-order valence-corrected chi connectivity index (χ0v) is 13.1. The van der Waals surface area contributed by atoms with Gasteiger partial charge in [-0.25, -0.2) is 0 Å². The van der Waals surface area contributed by atoms with E-state index in [9.17, 15) is 4.79 Å². The quantitative estimate of drug-likeness (QED) is 0.878. The van der Waals surface area contributed by atoms with Crippen LogP contribution in [-0.2, 0) is 0 Å². The van der Waals surface area contributed by atoms with Crippen molar-refractivity contribution < 1.29 is 9.53 Å². The number of hydrogen-bond acceptors (Lipinski definition) is 3. The standard InChI is InChI=1S/C13H17BrN2O2.ClH/c1-18-11-7-9(14)3-4-10(11)12(17)16-8-13(15)5-2-6-13;/h3-4,7H,2,5-6,8,15H2,1H3,(H,16,17);1H. The maximum Gasteiger partial charge on any atom is 0.255 e. The third-order valence-corrected chi connectivity index (χ3v) is 3.85. The summed E-state index contributed by atoms with van der Waals surface area (Å²) < 4.78 is 6.08. The van der Waals surface area contributed by atoms with Gasteiger partial charge < -0.3 is 15.8 Å². The van der Waals surface area contributed by atoms with Crippen molar-refractivity contribution in [2.45, 2.75) is 24.8 Å². The van der Waals surface area contributed by atoms with Crippen LogP contribution in [-0.4, -0.2) is 25.1 Å². The number of halogens is 2. The van der Waals surface area contributed by atoms with E-state index in [1.54, 1.807) is 19.2 Å². The Bertz CT molecular complexity index is 464. The van der Waals surface area contributed by atoms with Crippen molar-refractivity contribution in [3.05, 3.63) is 28.2 Å². The van der Waals surface area contributed by atoms with Crippen molar-refractivity contribution in [1.82, 2.24) is 5.32 Å². The Hall–Kier alpha value is -0.780. The Kier molecular flexibility index (Phi) is 5.64. The summed E-state index contributed by atoms with van der Waals surface area (Å²) in [6.07, 6.45) is 3.10. The van der Waals surface area contributed by atoms with Crippen LogP contribution in [0.3, 0.4) is 0 Å². The van der Waals surface area contributed by atoms with E-state index in [-0.39, 0.29) is 23.9 Å². The molecule has 0 heterocycles. The molecule has 19 heavy (non-hydrogen) atoms. The Balaban J connectivity index is 0.00000180.